The molecule has 0 saturated carbocycles. The Balaban J connectivity index is 1.92. The first-order chi connectivity index (χ1) is 13.5. The molecule has 2 aromatic rings. The zero-order valence-corrected chi connectivity index (χ0v) is 16.2. The first-order valence-corrected chi connectivity index (χ1v) is 8.46. The molecule has 8 nitrogen and oxygen atoms in total. The van der Waals surface area contributed by atoms with E-state index in [0.29, 0.717) is 34.2 Å². The Kier molecular flexibility index (Phi) is 7.38. The number of benzene rings is 2. The van der Waals surface area contributed by atoms with Crippen LogP contribution in [0.2, 0.25) is 0 Å². The molecule has 2 rings (SSSR count). The third kappa shape index (κ3) is 5.73. The Hall–Kier alpha value is -3.55. The van der Waals surface area contributed by atoms with Gasteiger partial charge in [-0.15, -0.1) is 0 Å². The SMILES string of the molecule is COc1ccc(NC(=O)C/C(C)=N\NC(=O)c2ccc(OC)c(OC)c2)cc1. The van der Waals surface area contributed by atoms with Crippen molar-refractivity contribution in [3.63, 3.8) is 0 Å². The van der Waals surface area contributed by atoms with E-state index in [0.717, 1.165) is 0 Å². The lowest BCUT2D eigenvalue weighted by molar-refractivity contribution is -0.115. The number of amides is 2. The second-order valence-corrected chi connectivity index (χ2v) is 5.81. The first kappa shape index (κ1) is 20.8. The van der Waals surface area contributed by atoms with Crippen LogP contribution in [0.5, 0.6) is 17.2 Å². The quantitative estimate of drug-likeness (QED) is 0.538. The van der Waals surface area contributed by atoms with E-state index in [2.05, 4.69) is 15.8 Å². The van der Waals surface area contributed by atoms with Crippen molar-refractivity contribution in [3.05, 3.63) is 48.0 Å². The van der Waals surface area contributed by atoms with E-state index in [1.165, 1.54) is 14.2 Å². The van der Waals surface area contributed by atoms with E-state index >= 15 is 0 Å². The van der Waals surface area contributed by atoms with Gasteiger partial charge in [-0.3, -0.25) is 9.59 Å². The Morgan fingerprint density at radius 3 is 2.21 bits per heavy atom. The molecule has 2 aromatic carbocycles. The Morgan fingerprint density at radius 1 is 0.929 bits per heavy atom. The van der Waals surface area contributed by atoms with Crippen molar-refractivity contribution in [1.29, 1.82) is 0 Å². The second kappa shape index (κ2) is 9.96. The average Bonchev–Trinajstić information content (AvgIpc) is 2.71. The van der Waals surface area contributed by atoms with Gasteiger partial charge in [0.1, 0.15) is 5.75 Å². The molecule has 0 radical (unpaired) electrons. The van der Waals surface area contributed by atoms with E-state index in [1.807, 2.05) is 0 Å². The lowest BCUT2D eigenvalue weighted by Crippen LogP contribution is -2.21. The zero-order chi connectivity index (χ0) is 20.5. The lowest BCUT2D eigenvalue weighted by atomic mass is 10.2. The summed E-state index contributed by atoms with van der Waals surface area (Å²) < 4.78 is 15.4. The summed E-state index contributed by atoms with van der Waals surface area (Å²) >= 11 is 0. The van der Waals surface area contributed by atoms with E-state index in [-0.39, 0.29) is 12.3 Å². The minimum absolute atomic E-state index is 0.0399. The molecule has 0 fully saturated rings. The van der Waals surface area contributed by atoms with Crippen molar-refractivity contribution in [2.45, 2.75) is 13.3 Å². The highest BCUT2D eigenvalue weighted by molar-refractivity contribution is 6.06. The van der Waals surface area contributed by atoms with Gasteiger partial charge >= 0.3 is 0 Å². The van der Waals surface area contributed by atoms with Gasteiger partial charge in [-0.1, -0.05) is 0 Å². The van der Waals surface area contributed by atoms with Crippen molar-refractivity contribution < 1.29 is 23.8 Å². The number of hydrogen-bond acceptors (Lipinski definition) is 6. The minimum atomic E-state index is -0.420. The van der Waals surface area contributed by atoms with Gasteiger partial charge < -0.3 is 19.5 Å². The van der Waals surface area contributed by atoms with Gasteiger partial charge in [-0.05, 0) is 49.4 Å². The summed E-state index contributed by atoms with van der Waals surface area (Å²) in [7, 11) is 4.58. The first-order valence-electron chi connectivity index (χ1n) is 8.46. The van der Waals surface area contributed by atoms with E-state index < -0.39 is 5.91 Å². The van der Waals surface area contributed by atoms with E-state index in [9.17, 15) is 9.59 Å². The predicted octanol–water partition coefficient (Wildman–Crippen LogP) is 2.85. The number of carbonyl (C=O) groups is 2. The number of methoxy groups -OCH3 is 3. The summed E-state index contributed by atoms with van der Waals surface area (Å²) in [4.78, 5) is 24.3. The number of nitrogens with one attached hydrogen (secondary N) is 2. The number of ether oxygens (including phenoxy) is 3. The van der Waals surface area contributed by atoms with Crippen LogP contribution in [-0.4, -0.2) is 38.9 Å². The molecule has 0 spiro atoms. The zero-order valence-electron chi connectivity index (χ0n) is 16.2. The van der Waals surface area contributed by atoms with Crippen LogP contribution in [-0.2, 0) is 4.79 Å². The second-order valence-electron chi connectivity index (χ2n) is 5.81. The molecule has 0 bridgehead atoms. The lowest BCUT2D eigenvalue weighted by Gasteiger charge is -2.09. The number of nitrogens with zero attached hydrogens (tertiary/aromatic N) is 1. The van der Waals surface area contributed by atoms with Crippen LogP contribution in [0.1, 0.15) is 23.7 Å². The third-order valence-electron chi connectivity index (χ3n) is 3.78. The molecule has 0 aromatic heterocycles. The van der Waals surface area contributed by atoms with Gasteiger partial charge in [0, 0.05) is 17.0 Å². The van der Waals surface area contributed by atoms with Gasteiger partial charge in [0.2, 0.25) is 5.91 Å². The summed E-state index contributed by atoms with van der Waals surface area (Å²) in [6.07, 6.45) is 0.0399. The van der Waals surface area contributed by atoms with Crippen LogP contribution < -0.4 is 25.0 Å². The monoisotopic (exact) mass is 385 g/mol. The van der Waals surface area contributed by atoms with E-state index in [4.69, 9.17) is 14.2 Å². The Labute approximate surface area is 163 Å². The fraction of sp³-hybridized carbons (Fsp3) is 0.250. The maximum Gasteiger partial charge on any atom is 0.271 e. The molecule has 0 aliphatic heterocycles. The summed E-state index contributed by atoms with van der Waals surface area (Å²) in [6.45, 7) is 1.66. The van der Waals surface area contributed by atoms with Gasteiger partial charge in [-0.2, -0.15) is 5.10 Å². The van der Waals surface area contributed by atoms with Crippen LogP contribution >= 0.6 is 0 Å². The molecule has 28 heavy (non-hydrogen) atoms. The highest BCUT2D eigenvalue weighted by Gasteiger charge is 2.11. The van der Waals surface area contributed by atoms with Crippen molar-refractivity contribution in [2.75, 3.05) is 26.6 Å². The maximum atomic E-state index is 12.2. The van der Waals surface area contributed by atoms with Gasteiger partial charge in [0.25, 0.3) is 5.91 Å². The molecular formula is C20H23N3O5. The Morgan fingerprint density at radius 2 is 1.61 bits per heavy atom. The summed E-state index contributed by atoms with van der Waals surface area (Å²) in [5, 5.41) is 6.72. The molecule has 0 atom stereocenters. The van der Waals surface area contributed by atoms with Crippen molar-refractivity contribution in [1.82, 2.24) is 5.43 Å². The molecule has 148 valence electrons. The highest BCUT2D eigenvalue weighted by Crippen LogP contribution is 2.27. The average molecular weight is 385 g/mol. The number of rotatable bonds is 8. The van der Waals surface area contributed by atoms with Gasteiger partial charge in [0.05, 0.1) is 27.8 Å². The molecule has 0 aliphatic carbocycles. The van der Waals surface area contributed by atoms with Crippen molar-refractivity contribution in [2.24, 2.45) is 5.10 Å². The normalized spacial score (nSPS) is 10.8. The van der Waals surface area contributed by atoms with Crippen LogP contribution in [0.25, 0.3) is 0 Å². The van der Waals surface area contributed by atoms with Crippen LogP contribution in [0, 0.1) is 0 Å². The standard InChI is InChI=1S/C20H23N3O5/c1-13(11-19(24)21-15-6-8-16(26-2)9-7-15)22-23-20(25)14-5-10-17(27-3)18(12-14)28-4/h5-10,12H,11H2,1-4H3,(H,21,24)(H,23,25)/b22-13-. The molecule has 0 aliphatic rings. The van der Waals surface area contributed by atoms with Gasteiger partial charge in [-0.25, -0.2) is 5.43 Å². The summed E-state index contributed by atoms with van der Waals surface area (Å²) in [6, 6.07) is 11.8. The molecular weight excluding hydrogens is 362 g/mol. The minimum Gasteiger partial charge on any atom is -0.497 e. The van der Waals surface area contributed by atoms with Gasteiger partial charge in [0.15, 0.2) is 11.5 Å². The molecule has 0 saturated heterocycles. The fourth-order valence-corrected chi connectivity index (χ4v) is 2.34. The molecule has 2 amide bonds. The number of anilines is 1. The third-order valence-corrected chi connectivity index (χ3v) is 3.78. The largest absolute Gasteiger partial charge is 0.497 e. The Bertz CT molecular complexity index is 863. The molecule has 8 heteroatoms. The van der Waals surface area contributed by atoms with Crippen molar-refractivity contribution in [3.8, 4) is 17.2 Å². The molecule has 0 heterocycles. The summed E-state index contributed by atoms with van der Waals surface area (Å²) in [5.41, 5.74) is 3.89. The summed E-state index contributed by atoms with van der Waals surface area (Å²) in [5.74, 6) is 1.000. The number of hydrogen-bond donors (Lipinski definition) is 2. The highest BCUT2D eigenvalue weighted by atomic mass is 16.5. The molecule has 2 N–H and O–H groups in total. The number of hydrazone groups is 1. The van der Waals surface area contributed by atoms with Crippen LogP contribution in [0.4, 0.5) is 5.69 Å². The van der Waals surface area contributed by atoms with Crippen LogP contribution in [0.15, 0.2) is 47.6 Å². The smallest absolute Gasteiger partial charge is 0.271 e. The fourth-order valence-electron chi connectivity index (χ4n) is 2.34. The maximum absolute atomic E-state index is 12.2. The predicted molar refractivity (Wildman–Crippen MR) is 106 cm³/mol. The van der Waals surface area contributed by atoms with Crippen LogP contribution in [0.3, 0.4) is 0 Å². The van der Waals surface area contributed by atoms with Crippen molar-refractivity contribution >= 4 is 23.2 Å². The molecule has 0 unspecified atom stereocenters. The topological polar surface area (TPSA) is 98.2 Å². The van der Waals surface area contributed by atoms with E-state index in [1.54, 1.807) is 56.5 Å². The number of carbonyl (C=O) groups excluding carboxylic acids is 2.